The minimum Gasteiger partial charge on any atom is -0.278 e. The Morgan fingerprint density at radius 2 is 1.46 bits per heavy atom. The van der Waals surface area contributed by atoms with Crippen molar-refractivity contribution >= 4 is 17.6 Å². The molecule has 126 valence electrons. The predicted octanol–water partition coefficient (Wildman–Crippen LogP) is 4.44. The van der Waals surface area contributed by atoms with Gasteiger partial charge in [0.05, 0.1) is 16.8 Å². The van der Waals surface area contributed by atoms with Gasteiger partial charge < -0.3 is 0 Å². The summed E-state index contributed by atoms with van der Waals surface area (Å²) in [5.41, 5.74) is 6.39. The van der Waals surface area contributed by atoms with Gasteiger partial charge in [0.1, 0.15) is 0 Å². The van der Waals surface area contributed by atoms with E-state index in [4.69, 9.17) is 0 Å². The van der Waals surface area contributed by atoms with Crippen LogP contribution < -0.4 is 5.43 Å². The number of rotatable bonds is 4. The molecule has 0 aromatic heterocycles. The third-order valence-corrected chi connectivity index (χ3v) is 3.52. The maximum absolute atomic E-state index is 10.6. The molecule has 0 amide bonds. The van der Waals surface area contributed by atoms with Crippen molar-refractivity contribution in [3.63, 3.8) is 0 Å². The number of nitrogens with one attached hydrogen (secondary N) is 1. The van der Waals surface area contributed by atoms with Crippen LogP contribution in [0.1, 0.15) is 16.7 Å². The standard InChI is InChI=1S/C21H15N3O2/c25-24(26)21-14-12-20(13-15-21)23-22-16-19-10-8-18(9-11-19)7-6-17-4-2-1-3-5-17/h1-5,8-16,23H/b22-16+. The van der Waals surface area contributed by atoms with E-state index in [0.29, 0.717) is 5.69 Å². The molecule has 0 aliphatic rings. The molecule has 0 fully saturated rings. The number of anilines is 1. The summed E-state index contributed by atoms with van der Waals surface area (Å²) in [6.45, 7) is 0. The fraction of sp³-hybridized carbons (Fsp3) is 0. The first-order chi connectivity index (χ1) is 12.7. The largest absolute Gasteiger partial charge is 0.278 e. The zero-order valence-corrected chi connectivity index (χ0v) is 13.8. The third kappa shape index (κ3) is 4.79. The molecule has 26 heavy (non-hydrogen) atoms. The molecular formula is C21H15N3O2. The average molecular weight is 341 g/mol. The molecule has 0 aliphatic carbocycles. The van der Waals surface area contributed by atoms with Crippen molar-refractivity contribution < 1.29 is 4.92 Å². The minimum atomic E-state index is -0.435. The summed E-state index contributed by atoms with van der Waals surface area (Å²) in [5.74, 6) is 6.23. The molecule has 3 rings (SSSR count). The van der Waals surface area contributed by atoms with Crippen LogP contribution in [0.15, 0.2) is 84.0 Å². The highest BCUT2D eigenvalue weighted by Gasteiger charge is 2.02. The Hall–Kier alpha value is -3.91. The second-order valence-corrected chi connectivity index (χ2v) is 5.41. The first-order valence-electron chi connectivity index (χ1n) is 7.91. The summed E-state index contributed by atoms with van der Waals surface area (Å²) in [4.78, 5) is 10.2. The van der Waals surface area contributed by atoms with Gasteiger partial charge in [-0.2, -0.15) is 5.10 Å². The van der Waals surface area contributed by atoms with E-state index in [2.05, 4.69) is 22.4 Å². The molecule has 0 spiro atoms. The van der Waals surface area contributed by atoms with Gasteiger partial charge in [-0.05, 0) is 42.0 Å². The summed E-state index contributed by atoms with van der Waals surface area (Å²) in [7, 11) is 0. The molecule has 0 atom stereocenters. The van der Waals surface area contributed by atoms with E-state index in [0.717, 1.165) is 16.7 Å². The van der Waals surface area contributed by atoms with E-state index < -0.39 is 4.92 Å². The Balaban J connectivity index is 1.59. The minimum absolute atomic E-state index is 0.0479. The summed E-state index contributed by atoms with van der Waals surface area (Å²) in [6, 6.07) is 23.6. The molecule has 0 saturated heterocycles. The van der Waals surface area contributed by atoms with E-state index in [-0.39, 0.29) is 5.69 Å². The number of hydrogen-bond acceptors (Lipinski definition) is 4. The first-order valence-corrected chi connectivity index (χ1v) is 7.91. The van der Waals surface area contributed by atoms with Crippen LogP contribution in [0.2, 0.25) is 0 Å². The lowest BCUT2D eigenvalue weighted by Crippen LogP contribution is -1.92. The Morgan fingerprint density at radius 1 is 0.846 bits per heavy atom. The monoisotopic (exact) mass is 341 g/mol. The zero-order valence-electron chi connectivity index (χ0n) is 13.8. The van der Waals surface area contributed by atoms with Gasteiger partial charge in [-0.3, -0.25) is 15.5 Å². The SMILES string of the molecule is O=[N+]([O-])c1ccc(N/N=C/c2ccc(C#Cc3ccccc3)cc2)cc1. The van der Waals surface area contributed by atoms with Crippen LogP contribution in [0.5, 0.6) is 0 Å². The van der Waals surface area contributed by atoms with Crippen molar-refractivity contribution in [3.05, 3.63) is 106 Å². The molecule has 3 aromatic carbocycles. The van der Waals surface area contributed by atoms with Gasteiger partial charge >= 0.3 is 0 Å². The van der Waals surface area contributed by atoms with Crippen molar-refractivity contribution in [3.8, 4) is 11.8 Å². The van der Waals surface area contributed by atoms with Gasteiger partial charge in [0, 0.05) is 23.3 Å². The lowest BCUT2D eigenvalue weighted by Gasteiger charge is -1.99. The van der Waals surface area contributed by atoms with E-state index >= 15 is 0 Å². The van der Waals surface area contributed by atoms with Crippen LogP contribution in [0.4, 0.5) is 11.4 Å². The number of hydrogen-bond donors (Lipinski definition) is 1. The van der Waals surface area contributed by atoms with Crippen LogP contribution in [-0.2, 0) is 0 Å². The molecular weight excluding hydrogens is 326 g/mol. The summed E-state index contributed by atoms with van der Waals surface area (Å²) >= 11 is 0. The Labute approximate surface area is 151 Å². The fourth-order valence-electron chi connectivity index (χ4n) is 2.16. The number of hydrazone groups is 1. The molecule has 0 heterocycles. The Morgan fingerprint density at radius 3 is 2.08 bits per heavy atom. The third-order valence-electron chi connectivity index (χ3n) is 3.52. The van der Waals surface area contributed by atoms with Crippen molar-refractivity contribution in [2.45, 2.75) is 0 Å². The second kappa shape index (κ2) is 8.27. The van der Waals surface area contributed by atoms with E-state index in [1.165, 1.54) is 12.1 Å². The van der Waals surface area contributed by atoms with E-state index in [1.54, 1.807) is 18.3 Å². The number of non-ortho nitro benzene ring substituents is 1. The number of nitro groups is 1. The number of nitrogens with zero attached hydrogens (tertiary/aromatic N) is 2. The highest BCUT2D eigenvalue weighted by molar-refractivity contribution is 5.80. The molecule has 1 N–H and O–H groups in total. The Bertz CT molecular complexity index is 968. The predicted molar refractivity (Wildman–Crippen MR) is 103 cm³/mol. The topological polar surface area (TPSA) is 67.5 Å². The average Bonchev–Trinajstić information content (AvgIpc) is 2.68. The van der Waals surface area contributed by atoms with E-state index in [9.17, 15) is 10.1 Å². The maximum Gasteiger partial charge on any atom is 0.269 e. The van der Waals surface area contributed by atoms with Gasteiger partial charge in [0.15, 0.2) is 0 Å². The summed E-state index contributed by atoms with van der Waals surface area (Å²) in [5, 5.41) is 14.7. The fourth-order valence-corrected chi connectivity index (χ4v) is 2.16. The summed E-state index contributed by atoms with van der Waals surface area (Å²) in [6.07, 6.45) is 1.68. The molecule has 0 unspecified atom stereocenters. The van der Waals surface area contributed by atoms with Crippen LogP contribution >= 0.6 is 0 Å². The van der Waals surface area contributed by atoms with Gasteiger partial charge in [-0.15, -0.1) is 0 Å². The van der Waals surface area contributed by atoms with Crippen LogP contribution in [0.3, 0.4) is 0 Å². The normalized spacial score (nSPS) is 10.2. The quantitative estimate of drug-likeness (QED) is 0.330. The van der Waals surface area contributed by atoms with Crippen molar-refractivity contribution in [1.82, 2.24) is 0 Å². The van der Waals surface area contributed by atoms with Crippen LogP contribution in [0.25, 0.3) is 0 Å². The summed E-state index contributed by atoms with van der Waals surface area (Å²) < 4.78 is 0. The van der Waals surface area contributed by atoms with Gasteiger partial charge in [0.2, 0.25) is 0 Å². The molecule has 0 aliphatic heterocycles. The highest BCUT2D eigenvalue weighted by atomic mass is 16.6. The smallest absolute Gasteiger partial charge is 0.269 e. The second-order valence-electron chi connectivity index (χ2n) is 5.41. The first kappa shape index (κ1) is 16.9. The molecule has 0 bridgehead atoms. The van der Waals surface area contributed by atoms with Crippen molar-refractivity contribution in [2.24, 2.45) is 5.10 Å². The maximum atomic E-state index is 10.6. The lowest BCUT2D eigenvalue weighted by molar-refractivity contribution is -0.384. The van der Waals surface area contributed by atoms with Gasteiger partial charge in [-0.1, -0.05) is 42.2 Å². The van der Waals surface area contributed by atoms with E-state index in [1.807, 2.05) is 54.6 Å². The van der Waals surface area contributed by atoms with Crippen LogP contribution in [0, 0.1) is 22.0 Å². The highest BCUT2D eigenvalue weighted by Crippen LogP contribution is 2.15. The molecule has 0 radical (unpaired) electrons. The van der Waals surface area contributed by atoms with Gasteiger partial charge in [0.25, 0.3) is 5.69 Å². The van der Waals surface area contributed by atoms with Crippen molar-refractivity contribution in [1.29, 1.82) is 0 Å². The van der Waals surface area contributed by atoms with Crippen molar-refractivity contribution in [2.75, 3.05) is 5.43 Å². The molecule has 3 aromatic rings. The van der Waals surface area contributed by atoms with Gasteiger partial charge in [-0.25, -0.2) is 0 Å². The number of benzene rings is 3. The zero-order chi connectivity index (χ0) is 18.2. The van der Waals surface area contributed by atoms with Crippen LogP contribution in [-0.4, -0.2) is 11.1 Å². The molecule has 5 nitrogen and oxygen atoms in total. The molecule has 5 heteroatoms. The number of nitro benzene ring substituents is 1. The molecule has 0 saturated carbocycles. The Kier molecular flexibility index (Phi) is 5.38. The lowest BCUT2D eigenvalue weighted by atomic mass is 10.1.